The van der Waals surface area contributed by atoms with Gasteiger partial charge in [0.25, 0.3) is 0 Å². The van der Waals surface area contributed by atoms with Gasteiger partial charge in [0.05, 0.1) is 5.70 Å². The first-order valence-corrected chi connectivity index (χ1v) is 16.1. The van der Waals surface area contributed by atoms with Gasteiger partial charge in [0, 0.05) is 41.4 Å². The van der Waals surface area contributed by atoms with E-state index in [1.165, 1.54) is 61.5 Å². The third kappa shape index (κ3) is 7.00. The van der Waals surface area contributed by atoms with Crippen molar-refractivity contribution in [1.29, 1.82) is 0 Å². The number of benzene rings is 2. The first kappa shape index (κ1) is 28.5. The zero-order chi connectivity index (χ0) is 27.9. The molecule has 2 aromatic rings. The summed E-state index contributed by atoms with van der Waals surface area (Å²) in [5.41, 5.74) is 5.62. The van der Waals surface area contributed by atoms with Crippen molar-refractivity contribution >= 4 is 17.6 Å². The number of rotatable bonds is 11. The number of piperidine rings is 1. The summed E-state index contributed by atoms with van der Waals surface area (Å²) >= 11 is 1.78. The molecule has 0 aromatic heterocycles. The van der Waals surface area contributed by atoms with Crippen LogP contribution < -0.4 is 0 Å². The average Bonchev–Trinajstić information content (AvgIpc) is 3.79. The summed E-state index contributed by atoms with van der Waals surface area (Å²) in [6.07, 6.45) is 17.9. The lowest BCUT2D eigenvalue weighted by molar-refractivity contribution is 0.156. The third-order valence-electron chi connectivity index (χ3n) is 8.10. The van der Waals surface area contributed by atoms with Crippen molar-refractivity contribution in [2.75, 3.05) is 32.4 Å². The van der Waals surface area contributed by atoms with Gasteiger partial charge >= 0.3 is 0 Å². The normalized spacial score (nSPS) is 21.4. The minimum absolute atomic E-state index is 0.293. The molecular weight excluding hydrogens is 510 g/mol. The molecule has 1 atom stereocenters. The van der Waals surface area contributed by atoms with Crippen LogP contribution in [-0.4, -0.2) is 53.2 Å². The van der Waals surface area contributed by atoms with E-state index in [0.717, 1.165) is 48.0 Å². The molecule has 4 nitrogen and oxygen atoms in total. The molecule has 2 fully saturated rings. The molecule has 3 aliphatic rings. The lowest BCUT2D eigenvalue weighted by Gasteiger charge is -2.40. The summed E-state index contributed by atoms with van der Waals surface area (Å²) in [6.45, 7) is 11.1. The topological polar surface area (TPSA) is 39.1 Å². The van der Waals surface area contributed by atoms with Crippen LogP contribution in [0, 0.1) is 11.8 Å². The molecule has 2 aromatic carbocycles. The number of allylic oxidation sites excluding steroid dienone is 4. The van der Waals surface area contributed by atoms with Crippen LogP contribution in [0.1, 0.15) is 50.2 Å². The number of hydrogen-bond acceptors (Lipinski definition) is 5. The Kier molecular flexibility index (Phi) is 9.66. The van der Waals surface area contributed by atoms with E-state index in [2.05, 4.69) is 72.1 Å². The van der Waals surface area contributed by atoms with Crippen LogP contribution in [0.2, 0.25) is 0 Å². The van der Waals surface area contributed by atoms with E-state index >= 15 is 0 Å². The minimum atomic E-state index is 0.293. The monoisotopic (exact) mass is 553 g/mol. The molecule has 5 heteroatoms. The van der Waals surface area contributed by atoms with Crippen molar-refractivity contribution in [1.82, 2.24) is 9.80 Å². The van der Waals surface area contributed by atoms with Crippen molar-refractivity contribution in [3.8, 4) is 5.75 Å². The maximum absolute atomic E-state index is 9.64. The third-order valence-corrected chi connectivity index (χ3v) is 8.89. The Balaban J connectivity index is 1.50. The van der Waals surface area contributed by atoms with Crippen LogP contribution in [0.25, 0.3) is 0 Å². The molecule has 2 heterocycles. The highest BCUT2D eigenvalue weighted by atomic mass is 32.2. The lowest BCUT2D eigenvalue weighted by atomic mass is 9.94. The van der Waals surface area contributed by atoms with Gasteiger partial charge in [0.15, 0.2) is 0 Å². The Hall–Kier alpha value is -3.02. The Labute approximate surface area is 244 Å². The largest absolute Gasteiger partial charge is 0.508 e. The molecule has 1 saturated carbocycles. The standard InChI is InChI=1S/C35H43N3OS/c1-4-10-33-30(5-2)32(14-8-11-26-18-20-29(39)21-19-26)36-35(31-13-6-7-15-34(31)40-3)38(33)25-28-12-9-22-37(24-28)23-27-16-17-27/h5-8,10,13-15,18-21,27-28,39H,2,4,9,11-12,16-17,22-25H2,1,3H3/b14-8-,33-10-. The van der Waals surface area contributed by atoms with E-state index in [1.54, 1.807) is 23.9 Å². The second-order valence-corrected chi connectivity index (χ2v) is 12.1. The van der Waals surface area contributed by atoms with Gasteiger partial charge in [0.2, 0.25) is 0 Å². The summed E-state index contributed by atoms with van der Waals surface area (Å²) in [5.74, 6) is 2.87. The highest BCUT2D eigenvalue weighted by Gasteiger charge is 2.32. The molecule has 210 valence electrons. The number of aromatic hydroxyl groups is 1. The maximum Gasteiger partial charge on any atom is 0.142 e. The molecule has 1 aliphatic carbocycles. The smallest absolute Gasteiger partial charge is 0.142 e. The number of thioether (sulfide) groups is 1. The lowest BCUT2D eigenvalue weighted by Crippen LogP contribution is -2.44. The summed E-state index contributed by atoms with van der Waals surface area (Å²) in [4.78, 5) is 11.8. The number of phenolic OH excluding ortho intramolecular Hbond substituents is 1. The molecule has 0 spiro atoms. The first-order valence-electron chi connectivity index (χ1n) is 14.8. The van der Waals surface area contributed by atoms with Crippen molar-refractivity contribution < 1.29 is 5.11 Å². The number of amidine groups is 1. The van der Waals surface area contributed by atoms with Crippen LogP contribution in [-0.2, 0) is 6.42 Å². The fourth-order valence-electron chi connectivity index (χ4n) is 5.92. The maximum atomic E-state index is 9.64. The number of hydrogen-bond donors (Lipinski definition) is 1. The second-order valence-electron chi connectivity index (χ2n) is 11.2. The van der Waals surface area contributed by atoms with E-state index in [-0.39, 0.29) is 0 Å². The predicted octanol–water partition coefficient (Wildman–Crippen LogP) is 7.83. The van der Waals surface area contributed by atoms with Gasteiger partial charge in [-0.1, -0.05) is 62.1 Å². The van der Waals surface area contributed by atoms with E-state index < -0.39 is 0 Å². The molecule has 2 aliphatic heterocycles. The highest BCUT2D eigenvalue weighted by Crippen LogP contribution is 2.35. The summed E-state index contributed by atoms with van der Waals surface area (Å²) in [5, 5.41) is 9.64. The Bertz CT molecular complexity index is 1300. The molecule has 1 saturated heterocycles. The van der Waals surface area contributed by atoms with Gasteiger partial charge in [0.1, 0.15) is 11.6 Å². The molecule has 0 amide bonds. The first-order chi connectivity index (χ1) is 19.6. The summed E-state index contributed by atoms with van der Waals surface area (Å²) in [7, 11) is 0. The fraction of sp³-hybridized carbons (Fsp3) is 0.400. The molecule has 0 bridgehead atoms. The summed E-state index contributed by atoms with van der Waals surface area (Å²) in [6, 6.07) is 16.1. The number of nitrogens with zero attached hydrogens (tertiary/aromatic N) is 3. The van der Waals surface area contributed by atoms with E-state index in [9.17, 15) is 5.11 Å². The fourth-order valence-corrected chi connectivity index (χ4v) is 6.52. The van der Waals surface area contributed by atoms with E-state index in [0.29, 0.717) is 11.7 Å². The number of aliphatic imine (C=N–C) groups is 1. The van der Waals surface area contributed by atoms with Crippen LogP contribution in [0.4, 0.5) is 0 Å². The van der Waals surface area contributed by atoms with Crippen molar-refractivity contribution in [3.05, 3.63) is 108 Å². The second kappa shape index (κ2) is 13.6. The number of phenols is 1. The zero-order valence-electron chi connectivity index (χ0n) is 24.1. The van der Waals surface area contributed by atoms with Crippen LogP contribution >= 0.6 is 11.8 Å². The van der Waals surface area contributed by atoms with Gasteiger partial charge in [-0.2, -0.15) is 0 Å². The molecule has 1 N–H and O–H groups in total. The molecule has 1 unspecified atom stereocenters. The quantitative estimate of drug-likeness (QED) is 0.288. The van der Waals surface area contributed by atoms with Crippen molar-refractivity contribution in [3.63, 3.8) is 0 Å². The molecular formula is C35H43N3OS. The summed E-state index contributed by atoms with van der Waals surface area (Å²) < 4.78 is 0. The van der Waals surface area contributed by atoms with Crippen molar-refractivity contribution in [2.24, 2.45) is 16.8 Å². The SMILES string of the molecule is C=CC1=C(/C=C\Cc2ccc(O)cc2)N=C(c2ccccc2SC)N(CC2CCCN(CC3CC3)C2)/C1=C\CC. The Morgan fingerprint density at radius 1 is 1.05 bits per heavy atom. The minimum Gasteiger partial charge on any atom is -0.508 e. The molecule has 5 rings (SSSR count). The van der Waals surface area contributed by atoms with Gasteiger partial charge in [-0.05, 0) is 93.0 Å². The van der Waals surface area contributed by atoms with Crippen LogP contribution in [0.5, 0.6) is 5.75 Å². The van der Waals surface area contributed by atoms with Gasteiger partial charge < -0.3 is 14.9 Å². The van der Waals surface area contributed by atoms with Gasteiger partial charge in [-0.3, -0.25) is 0 Å². The van der Waals surface area contributed by atoms with Gasteiger partial charge in [-0.25, -0.2) is 4.99 Å². The van der Waals surface area contributed by atoms with E-state index in [4.69, 9.17) is 4.99 Å². The Morgan fingerprint density at radius 3 is 2.58 bits per heavy atom. The van der Waals surface area contributed by atoms with Crippen molar-refractivity contribution in [2.45, 2.75) is 50.3 Å². The predicted molar refractivity (Wildman–Crippen MR) is 170 cm³/mol. The van der Waals surface area contributed by atoms with E-state index in [1.807, 2.05) is 18.2 Å². The van der Waals surface area contributed by atoms with Crippen LogP contribution in [0.15, 0.2) is 106 Å². The van der Waals surface area contributed by atoms with Crippen LogP contribution in [0.3, 0.4) is 0 Å². The number of likely N-dealkylation sites (tertiary alicyclic amines) is 1. The Morgan fingerprint density at radius 2 is 1.85 bits per heavy atom. The molecule has 0 radical (unpaired) electrons. The zero-order valence-corrected chi connectivity index (χ0v) is 24.9. The molecule has 40 heavy (non-hydrogen) atoms. The van der Waals surface area contributed by atoms with Gasteiger partial charge in [-0.15, -0.1) is 11.8 Å². The highest BCUT2D eigenvalue weighted by molar-refractivity contribution is 7.98. The average molecular weight is 554 g/mol.